The van der Waals surface area contributed by atoms with Gasteiger partial charge in [-0.05, 0) is 43.2 Å². The Labute approximate surface area is 82.6 Å². The molecule has 0 bridgehead atoms. The molecule has 1 heterocycles. The summed E-state index contributed by atoms with van der Waals surface area (Å²) in [4.78, 5) is 15.1. The average Bonchev–Trinajstić information content (AvgIpc) is 2.18. The largest absolute Gasteiger partial charge is 0.298 e. The molecule has 0 aliphatic heterocycles. The second kappa shape index (κ2) is 3.22. The molecule has 0 unspecified atom stereocenters. The molecule has 0 fully saturated rings. The van der Waals surface area contributed by atoms with E-state index in [0.717, 1.165) is 28.3 Å². The van der Waals surface area contributed by atoms with Crippen LogP contribution in [0.25, 0.3) is 10.9 Å². The number of pyridine rings is 1. The molecule has 2 nitrogen and oxygen atoms in total. The zero-order valence-electron chi connectivity index (χ0n) is 8.24. The Balaban J connectivity index is 2.94. The van der Waals surface area contributed by atoms with E-state index in [0.29, 0.717) is 5.56 Å². The summed E-state index contributed by atoms with van der Waals surface area (Å²) in [6.45, 7) is 4.01. The Morgan fingerprint density at radius 2 is 2.07 bits per heavy atom. The van der Waals surface area contributed by atoms with Gasteiger partial charge in [0, 0.05) is 17.1 Å². The van der Waals surface area contributed by atoms with E-state index in [9.17, 15) is 4.79 Å². The Morgan fingerprint density at radius 3 is 2.79 bits per heavy atom. The molecule has 2 aromatic rings. The molecule has 1 aromatic carbocycles. The molecular weight excluding hydrogens is 174 g/mol. The van der Waals surface area contributed by atoms with Crippen molar-refractivity contribution in [2.24, 2.45) is 0 Å². The number of nitrogens with zero attached hydrogens (tertiary/aromatic N) is 1. The summed E-state index contributed by atoms with van der Waals surface area (Å²) in [5.41, 5.74) is 3.71. The Kier molecular flexibility index (Phi) is 2.04. The smallest absolute Gasteiger partial charge is 0.152 e. The lowest BCUT2D eigenvalue weighted by Crippen LogP contribution is -1.90. The van der Waals surface area contributed by atoms with E-state index in [1.165, 1.54) is 0 Å². The highest BCUT2D eigenvalue weighted by Gasteiger charge is 2.04. The van der Waals surface area contributed by atoms with Crippen LogP contribution in [-0.4, -0.2) is 11.3 Å². The molecule has 0 saturated heterocycles. The van der Waals surface area contributed by atoms with Gasteiger partial charge in [0.2, 0.25) is 0 Å². The predicted molar refractivity (Wildman–Crippen MR) is 56.6 cm³/mol. The number of carbonyl (C=O) groups is 1. The molecule has 0 spiro atoms. The van der Waals surface area contributed by atoms with Gasteiger partial charge in [-0.15, -0.1) is 0 Å². The van der Waals surface area contributed by atoms with Gasteiger partial charge in [-0.3, -0.25) is 9.78 Å². The summed E-state index contributed by atoms with van der Waals surface area (Å²) >= 11 is 0. The van der Waals surface area contributed by atoms with E-state index in [-0.39, 0.29) is 0 Å². The van der Waals surface area contributed by atoms with E-state index in [2.05, 4.69) is 11.1 Å². The fraction of sp³-hybridized carbons (Fsp3) is 0.167. The SMILES string of the molecule is Cc1cc(C=O)c2nccc(C)c2c1. The van der Waals surface area contributed by atoms with Crippen LogP contribution < -0.4 is 0 Å². The first-order chi connectivity index (χ1) is 6.72. The number of rotatable bonds is 1. The lowest BCUT2D eigenvalue weighted by Gasteiger charge is -2.04. The van der Waals surface area contributed by atoms with E-state index < -0.39 is 0 Å². The van der Waals surface area contributed by atoms with Crippen molar-refractivity contribution in [2.45, 2.75) is 13.8 Å². The summed E-state index contributed by atoms with van der Waals surface area (Å²) in [6.07, 6.45) is 2.60. The fourth-order valence-electron chi connectivity index (χ4n) is 1.65. The second-order valence-electron chi connectivity index (χ2n) is 3.50. The highest BCUT2D eigenvalue weighted by atomic mass is 16.1. The minimum absolute atomic E-state index is 0.670. The summed E-state index contributed by atoms with van der Waals surface area (Å²) in [7, 11) is 0. The standard InChI is InChI=1S/C12H11NO/c1-8-5-10(7-14)12-11(6-8)9(2)3-4-13-12/h3-7H,1-2H3. The molecular formula is C12H11NO. The normalized spacial score (nSPS) is 10.4. The van der Waals surface area contributed by atoms with Crippen molar-refractivity contribution in [3.63, 3.8) is 0 Å². The van der Waals surface area contributed by atoms with Crippen LogP contribution in [0.2, 0.25) is 0 Å². The van der Waals surface area contributed by atoms with Crippen LogP contribution in [0.3, 0.4) is 0 Å². The molecule has 1 aromatic heterocycles. The van der Waals surface area contributed by atoms with Crippen LogP contribution in [0.4, 0.5) is 0 Å². The first-order valence-corrected chi connectivity index (χ1v) is 4.53. The van der Waals surface area contributed by atoms with E-state index in [1.54, 1.807) is 6.20 Å². The maximum absolute atomic E-state index is 10.8. The fourth-order valence-corrected chi connectivity index (χ4v) is 1.65. The van der Waals surface area contributed by atoms with Gasteiger partial charge in [0.25, 0.3) is 0 Å². The van der Waals surface area contributed by atoms with Gasteiger partial charge in [0.1, 0.15) is 0 Å². The third-order valence-electron chi connectivity index (χ3n) is 2.36. The second-order valence-corrected chi connectivity index (χ2v) is 3.50. The van der Waals surface area contributed by atoms with Gasteiger partial charge >= 0.3 is 0 Å². The quantitative estimate of drug-likeness (QED) is 0.639. The van der Waals surface area contributed by atoms with Crippen LogP contribution in [0.15, 0.2) is 24.4 Å². The topological polar surface area (TPSA) is 30.0 Å². The van der Waals surface area contributed by atoms with Gasteiger partial charge in [0.15, 0.2) is 6.29 Å². The van der Waals surface area contributed by atoms with Crippen molar-refractivity contribution in [3.05, 3.63) is 41.1 Å². The third-order valence-corrected chi connectivity index (χ3v) is 2.36. The van der Waals surface area contributed by atoms with Crippen molar-refractivity contribution in [1.29, 1.82) is 0 Å². The van der Waals surface area contributed by atoms with Crippen molar-refractivity contribution < 1.29 is 4.79 Å². The number of aromatic nitrogens is 1. The third kappa shape index (κ3) is 1.29. The minimum atomic E-state index is 0.670. The van der Waals surface area contributed by atoms with Crippen LogP contribution in [0, 0.1) is 13.8 Å². The van der Waals surface area contributed by atoms with E-state index >= 15 is 0 Å². The molecule has 0 amide bonds. The molecule has 0 aliphatic rings. The summed E-state index contributed by atoms with van der Waals surface area (Å²) in [5, 5.41) is 1.06. The number of benzene rings is 1. The highest BCUT2D eigenvalue weighted by Crippen LogP contribution is 2.20. The van der Waals surface area contributed by atoms with Crippen molar-refractivity contribution >= 4 is 17.2 Å². The Morgan fingerprint density at radius 1 is 1.29 bits per heavy atom. The van der Waals surface area contributed by atoms with Crippen LogP contribution in [0.5, 0.6) is 0 Å². The lowest BCUT2D eigenvalue weighted by atomic mass is 10.0. The first kappa shape index (κ1) is 8.88. The first-order valence-electron chi connectivity index (χ1n) is 4.53. The number of fused-ring (bicyclic) bond motifs is 1. The zero-order valence-corrected chi connectivity index (χ0v) is 8.24. The highest BCUT2D eigenvalue weighted by molar-refractivity contribution is 5.97. The molecule has 2 rings (SSSR count). The van der Waals surface area contributed by atoms with Crippen LogP contribution in [-0.2, 0) is 0 Å². The van der Waals surface area contributed by atoms with Gasteiger partial charge in [-0.2, -0.15) is 0 Å². The molecule has 0 radical (unpaired) electrons. The number of hydrogen-bond acceptors (Lipinski definition) is 2. The molecule has 14 heavy (non-hydrogen) atoms. The van der Waals surface area contributed by atoms with E-state index in [4.69, 9.17) is 0 Å². The van der Waals surface area contributed by atoms with Crippen molar-refractivity contribution in [1.82, 2.24) is 4.98 Å². The number of aryl methyl sites for hydroxylation is 2. The van der Waals surface area contributed by atoms with Crippen LogP contribution >= 0.6 is 0 Å². The van der Waals surface area contributed by atoms with Crippen LogP contribution in [0.1, 0.15) is 21.5 Å². The summed E-state index contributed by atoms with van der Waals surface area (Å²) in [5.74, 6) is 0. The lowest BCUT2D eigenvalue weighted by molar-refractivity contribution is 0.112. The minimum Gasteiger partial charge on any atom is -0.298 e. The number of carbonyl (C=O) groups excluding carboxylic acids is 1. The molecule has 2 heteroatoms. The Bertz CT molecular complexity index is 503. The summed E-state index contributed by atoms with van der Waals surface area (Å²) in [6, 6.07) is 5.88. The van der Waals surface area contributed by atoms with E-state index in [1.807, 2.05) is 26.0 Å². The molecule has 70 valence electrons. The zero-order chi connectivity index (χ0) is 10.1. The molecule has 0 saturated carbocycles. The van der Waals surface area contributed by atoms with Gasteiger partial charge in [-0.25, -0.2) is 0 Å². The predicted octanol–water partition coefficient (Wildman–Crippen LogP) is 2.66. The van der Waals surface area contributed by atoms with Gasteiger partial charge in [0.05, 0.1) is 5.52 Å². The monoisotopic (exact) mass is 185 g/mol. The molecule has 0 atom stereocenters. The average molecular weight is 185 g/mol. The summed E-state index contributed by atoms with van der Waals surface area (Å²) < 4.78 is 0. The number of aldehydes is 1. The van der Waals surface area contributed by atoms with Gasteiger partial charge in [-0.1, -0.05) is 0 Å². The molecule has 0 N–H and O–H groups in total. The van der Waals surface area contributed by atoms with Crippen molar-refractivity contribution in [2.75, 3.05) is 0 Å². The molecule has 0 aliphatic carbocycles. The Hall–Kier alpha value is -1.70. The number of hydrogen-bond donors (Lipinski definition) is 0. The van der Waals surface area contributed by atoms with Gasteiger partial charge < -0.3 is 0 Å². The maximum atomic E-state index is 10.8. The maximum Gasteiger partial charge on any atom is 0.152 e. The van der Waals surface area contributed by atoms with Crippen molar-refractivity contribution in [3.8, 4) is 0 Å².